The molecule has 0 aliphatic heterocycles. The zero-order valence-electron chi connectivity index (χ0n) is 16.9. The van der Waals surface area contributed by atoms with E-state index in [1.807, 2.05) is 0 Å². The maximum Gasteiger partial charge on any atom is 0.266 e. The summed E-state index contributed by atoms with van der Waals surface area (Å²) in [6.45, 7) is 0.354. The van der Waals surface area contributed by atoms with Crippen molar-refractivity contribution in [3.63, 3.8) is 0 Å². The first-order valence-electron chi connectivity index (χ1n) is 9.33. The molecule has 1 amide bonds. The maximum absolute atomic E-state index is 12.3. The first-order chi connectivity index (χ1) is 14.7. The molecule has 0 fully saturated rings. The number of hydrogen-bond donors (Lipinski definition) is 1. The van der Waals surface area contributed by atoms with Gasteiger partial charge in [0.2, 0.25) is 10.0 Å². The lowest BCUT2D eigenvalue weighted by Crippen LogP contribution is -2.32. The number of rotatable bonds is 7. The Morgan fingerprint density at radius 1 is 1.03 bits per heavy atom. The number of nitrogens with zero attached hydrogens (tertiary/aromatic N) is 3. The predicted octanol–water partition coefficient (Wildman–Crippen LogP) is 2.24. The van der Waals surface area contributed by atoms with Crippen molar-refractivity contribution in [2.45, 2.75) is 11.4 Å². The number of aromatic nitrogens is 2. The first-order valence-corrected chi connectivity index (χ1v) is 11.2. The SMILES string of the molecule is CN(C)S(=O)(=O)c1ccc(C(=O)NCCn2nc(-c3ccc(Cl)cc3)ccc2=O)cc1. The van der Waals surface area contributed by atoms with Gasteiger partial charge < -0.3 is 5.32 Å². The van der Waals surface area contributed by atoms with E-state index in [4.69, 9.17) is 11.6 Å². The van der Waals surface area contributed by atoms with Gasteiger partial charge in [-0.25, -0.2) is 17.4 Å². The van der Waals surface area contributed by atoms with Crippen LogP contribution in [0.4, 0.5) is 0 Å². The number of carbonyl (C=O) groups excluding carboxylic acids is 1. The highest BCUT2D eigenvalue weighted by atomic mass is 35.5. The summed E-state index contributed by atoms with van der Waals surface area (Å²) in [6.07, 6.45) is 0. The molecule has 8 nitrogen and oxygen atoms in total. The van der Waals surface area contributed by atoms with E-state index >= 15 is 0 Å². The van der Waals surface area contributed by atoms with E-state index in [1.54, 1.807) is 30.3 Å². The average molecular weight is 461 g/mol. The summed E-state index contributed by atoms with van der Waals surface area (Å²) in [5, 5.41) is 7.65. The van der Waals surface area contributed by atoms with Gasteiger partial charge >= 0.3 is 0 Å². The first kappa shape index (κ1) is 22.7. The molecule has 3 rings (SSSR count). The summed E-state index contributed by atoms with van der Waals surface area (Å²) in [4.78, 5) is 24.5. The lowest BCUT2D eigenvalue weighted by Gasteiger charge is -2.12. The topological polar surface area (TPSA) is 101 Å². The second-order valence-corrected chi connectivity index (χ2v) is 9.44. The van der Waals surface area contributed by atoms with Crippen LogP contribution in [0.25, 0.3) is 11.3 Å². The Bertz CT molecular complexity index is 1240. The molecule has 0 spiro atoms. The van der Waals surface area contributed by atoms with Crippen molar-refractivity contribution in [3.05, 3.63) is 81.6 Å². The number of nitrogens with one attached hydrogen (secondary N) is 1. The minimum absolute atomic E-state index is 0.101. The van der Waals surface area contributed by atoms with Crippen molar-refractivity contribution < 1.29 is 13.2 Å². The van der Waals surface area contributed by atoms with E-state index in [-0.39, 0.29) is 29.5 Å². The molecule has 1 N–H and O–H groups in total. The van der Waals surface area contributed by atoms with Crippen LogP contribution in [-0.4, -0.2) is 49.1 Å². The van der Waals surface area contributed by atoms with Crippen LogP contribution in [0.5, 0.6) is 0 Å². The summed E-state index contributed by atoms with van der Waals surface area (Å²) < 4.78 is 26.6. The van der Waals surface area contributed by atoms with Crippen molar-refractivity contribution in [1.82, 2.24) is 19.4 Å². The molecule has 1 aromatic heterocycles. The monoisotopic (exact) mass is 460 g/mol. The third-order valence-electron chi connectivity index (χ3n) is 4.51. The number of carbonyl (C=O) groups is 1. The fourth-order valence-corrected chi connectivity index (χ4v) is 3.78. The van der Waals surface area contributed by atoms with Gasteiger partial charge in [0.1, 0.15) is 0 Å². The zero-order chi connectivity index (χ0) is 22.6. The van der Waals surface area contributed by atoms with Crippen molar-refractivity contribution in [2.24, 2.45) is 0 Å². The number of amides is 1. The molecular formula is C21H21ClN4O4S. The molecule has 31 heavy (non-hydrogen) atoms. The van der Waals surface area contributed by atoms with Gasteiger partial charge in [0, 0.05) is 42.9 Å². The molecule has 3 aromatic rings. The van der Waals surface area contributed by atoms with E-state index < -0.39 is 10.0 Å². The van der Waals surface area contributed by atoms with Gasteiger partial charge in [0.05, 0.1) is 17.1 Å². The number of benzene rings is 2. The summed E-state index contributed by atoms with van der Waals surface area (Å²) in [6, 6.07) is 15.8. The van der Waals surface area contributed by atoms with E-state index in [0.29, 0.717) is 16.3 Å². The average Bonchev–Trinajstić information content (AvgIpc) is 2.75. The minimum atomic E-state index is -3.56. The van der Waals surface area contributed by atoms with Crippen molar-refractivity contribution in [3.8, 4) is 11.3 Å². The normalized spacial score (nSPS) is 11.5. The quantitative estimate of drug-likeness (QED) is 0.582. The minimum Gasteiger partial charge on any atom is -0.350 e. The Morgan fingerprint density at radius 2 is 1.68 bits per heavy atom. The van der Waals surface area contributed by atoms with Crippen LogP contribution in [-0.2, 0) is 16.6 Å². The van der Waals surface area contributed by atoms with Crippen LogP contribution in [0.15, 0.2) is 70.4 Å². The highest BCUT2D eigenvalue weighted by molar-refractivity contribution is 7.89. The van der Waals surface area contributed by atoms with Crippen LogP contribution in [0, 0.1) is 0 Å². The van der Waals surface area contributed by atoms with Gasteiger partial charge in [-0.3, -0.25) is 9.59 Å². The predicted molar refractivity (Wildman–Crippen MR) is 119 cm³/mol. The van der Waals surface area contributed by atoms with E-state index in [1.165, 1.54) is 49.1 Å². The van der Waals surface area contributed by atoms with E-state index in [0.717, 1.165) is 9.87 Å². The van der Waals surface area contributed by atoms with Gasteiger partial charge in [-0.05, 0) is 42.5 Å². The Kier molecular flexibility index (Phi) is 6.89. The lowest BCUT2D eigenvalue weighted by atomic mass is 10.1. The number of halogens is 1. The molecule has 0 saturated heterocycles. The smallest absolute Gasteiger partial charge is 0.266 e. The van der Waals surface area contributed by atoms with E-state index in [2.05, 4.69) is 10.4 Å². The molecule has 0 bridgehead atoms. The Labute approximate surface area is 185 Å². The highest BCUT2D eigenvalue weighted by Crippen LogP contribution is 2.18. The van der Waals surface area contributed by atoms with Crippen LogP contribution >= 0.6 is 11.6 Å². The van der Waals surface area contributed by atoms with Crippen molar-refractivity contribution in [2.75, 3.05) is 20.6 Å². The third-order valence-corrected chi connectivity index (χ3v) is 6.59. The molecule has 162 valence electrons. The standard InChI is InChI=1S/C21H21ClN4O4S/c1-25(2)31(29,30)18-9-5-16(6-10-18)21(28)23-13-14-26-20(27)12-11-19(24-26)15-3-7-17(22)8-4-15/h3-12H,13-14H2,1-2H3,(H,23,28). The van der Waals surface area contributed by atoms with Gasteiger partial charge in [-0.2, -0.15) is 5.10 Å². The molecule has 10 heteroatoms. The Morgan fingerprint density at radius 3 is 2.29 bits per heavy atom. The van der Waals surface area contributed by atoms with Crippen LogP contribution in [0.1, 0.15) is 10.4 Å². The maximum atomic E-state index is 12.3. The van der Waals surface area contributed by atoms with Crippen molar-refractivity contribution in [1.29, 1.82) is 0 Å². The summed E-state index contributed by atoms with van der Waals surface area (Å²) >= 11 is 5.90. The molecule has 0 aliphatic rings. The number of sulfonamides is 1. The second kappa shape index (κ2) is 9.42. The highest BCUT2D eigenvalue weighted by Gasteiger charge is 2.17. The third kappa shape index (κ3) is 5.38. The summed E-state index contributed by atoms with van der Waals surface area (Å²) in [7, 11) is -0.682. The molecule has 2 aromatic carbocycles. The molecule has 0 radical (unpaired) electrons. The molecule has 0 unspecified atom stereocenters. The number of hydrogen-bond acceptors (Lipinski definition) is 5. The fraction of sp³-hybridized carbons (Fsp3) is 0.190. The molecule has 1 heterocycles. The molecule has 0 atom stereocenters. The van der Waals surface area contributed by atoms with Gasteiger partial charge in [-0.15, -0.1) is 0 Å². The molecular weight excluding hydrogens is 440 g/mol. The lowest BCUT2D eigenvalue weighted by molar-refractivity contribution is 0.0951. The van der Waals surface area contributed by atoms with Crippen LogP contribution in [0.3, 0.4) is 0 Å². The van der Waals surface area contributed by atoms with Crippen LogP contribution in [0.2, 0.25) is 5.02 Å². The van der Waals surface area contributed by atoms with E-state index in [9.17, 15) is 18.0 Å². The Balaban J connectivity index is 1.65. The fourth-order valence-electron chi connectivity index (χ4n) is 2.75. The van der Waals surface area contributed by atoms with Gasteiger partial charge in [-0.1, -0.05) is 23.7 Å². The summed E-state index contributed by atoms with van der Waals surface area (Å²) in [5.74, 6) is -0.379. The molecule has 0 saturated carbocycles. The van der Waals surface area contributed by atoms with Crippen molar-refractivity contribution >= 4 is 27.5 Å². The van der Waals surface area contributed by atoms with Gasteiger partial charge in [0.25, 0.3) is 11.5 Å². The van der Waals surface area contributed by atoms with Crippen LogP contribution < -0.4 is 10.9 Å². The zero-order valence-corrected chi connectivity index (χ0v) is 18.5. The molecule has 0 aliphatic carbocycles. The largest absolute Gasteiger partial charge is 0.350 e. The summed E-state index contributed by atoms with van der Waals surface area (Å²) in [5.41, 5.74) is 1.45. The van der Waals surface area contributed by atoms with Gasteiger partial charge in [0.15, 0.2) is 0 Å². The second-order valence-electron chi connectivity index (χ2n) is 6.85. The Hall–Kier alpha value is -3.01.